The van der Waals surface area contributed by atoms with Crippen LogP contribution in [-0.2, 0) is 48.3 Å². The van der Waals surface area contributed by atoms with E-state index in [0.29, 0.717) is 32.2 Å². The molecule has 0 aliphatic carbocycles. The molecule has 0 bridgehead atoms. The maximum atomic E-state index is 14.3. The van der Waals surface area contributed by atoms with E-state index in [0.717, 1.165) is 0 Å². The molecule has 1 fully saturated rings. The van der Waals surface area contributed by atoms with Crippen molar-refractivity contribution in [3.05, 3.63) is 24.3 Å². The van der Waals surface area contributed by atoms with Gasteiger partial charge < -0.3 is 52.0 Å². The van der Waals surface area contributed by atoms with E-state index in [2.05, 4.69) is 26.0 Å². The van der Waals surface area contributed by atoms with Gasteiger partial charge in [-0.25, -0.2) is 17.9 Å². The number of sulfonamides is 1. The number of primary amides is 1. The predicted octanol–water partition coefficient (Wildman–Crippen LogP) is 1.99. The van der Waals surface area contributed by atoms with Gasteiger partial charge in [-0.2, -0.15) is 0 Å². The van der Waals surface area contributed by atoms with Gasteiger partial charge in [-0.05, 0) is 87.7 Å². The quantitative estimate of drug-likeness (QED) is 0.0592. The summed E-state index contributed by atoms with van der Waals surface area (Å²) in [5, 5.41) is 10.7. The molecule has 70 heavy (non-hydrogen) atoms. The van der Waals surface area contributed by atoms with Crippen LogP contribution in [0.15, 0.2) is 29.2 Å². The minimum atomic E-state index is -4.44. The number of hydrogen-bond donors (Lipinski definition) is 7. The molecule has 2 rings (SSSR count). The molecule has 1 aliphatic heterocycles. The summed E-state index contributed by atoms with van der Waals surface area (Å²) in [4.78, 5) is 97.8. The fourth-order valence-electron chi connectivity index (χ4n) is 9.00. The molecule has 8 amide bonds. The second-order valence-electron chi connectivity index (χ2n) is 19.7. The van der Waals surface area contributed by atoms with Crippen LogP contribution in [0.3, 0.4) is 0 Å². The fourth-order valence-corrected chi connectivity index (χ4v) is 10.1. The van der Waals surface area contributed by atoms with E-state index >= 15 is 0 Å². The SMILES string of the molecule is CCC(C)C(C(CC(=O)N1CCC[C@H]1C(OC)C(C)C(=O)NS(=O)(=O)c1ccc(NC(=O)C(CCCNC(N)=O)NC(=O)C(N)C(C)C)cc1)OC)N(C)C(=O)C(NC(=O)C(C(C)C)N(C)C)C(C)C. The third-order valence-corrected chi connectivity index (χ3v) is 14.6. The minimum Gasteiger partial charge on any atom is -0.379 e. The van der Waals surface area contributed by atoms with Crippen LogP contribution in [0.5, 0.6) is 0 Å². The minimum absolute atomic E-state index is 0.00467. The molecular formula is C48H84N10O11S. The molecule has 1 aromatic carbocycles. The van der Waals surface area contributed by atoms with Gasteiger partial charge in [0, 0.05) is 40.0 Å². The number of rotatable bonds is 28. The van der Waals surface area contributed by atoms with Crippen molar-refractivity contribution in [3.63, 3.8) is 0 Å². The molecule has 0 spiro atoms. The summed E-state index contributed by atoms with van der Waals surface area (Å²) >= 11 is 0. The van der Waals surface area contributed by atoms with Gasteiger partial charge in [0.1, 0.15) is 12.1 Å². The number of nitrogens with zero attached hydrogens (tertiary/aromatic N) is 3. The Morgan fingerprint density at radius 2 is 1.44 bits per heavy atom. The second-order valence-corrected chi connectivity index (χ2v) is 21.4. The van der Waals surface area contributed by atoms with Crippen LogP contribution in [0.2, 0.25) is 0 Å². The van der Waals surface area contributed by atoms with E-state index < -0.39 is 88.2 Å². The Morgan fingerprint density at radius 1 is 0.829 bits per heavy atom. The number of likely N-dealkylation sites (tertiary alicyclic amines) is 1. The van der Waals surface area contributed by atoms with Crippen molar-refractivity contribution in [1.82, 2.24) is 35.4 Å². The molecule has 22 heteroatoms. The van der Waals surface area contributed by atoms with Gasteiger partial charge >= 0.3 is 6.03 Å². The maximum absolute atomic E-state index is 14.3. The molecule has 1 saturated heterocycles. The van der Waals surface area contributed by atoms with Gasteiger partial charge in [0.25, 0.3) is 10.0 Å². The lowest BCUT2D eigenvalue weighted by Crippen LogP contribution is -2.59. The number of likely N-dealkylation sites (N-methyl/N-ethyl adjacent to an activating group) is 2. The lowest BCUT2D eigenvalue weighted by Gasteiger charge is -2.41. The van der Waals surface area contributed by atoms with E-state index in [4.69, 9.17) is 20.9 Å². The van der Waals surface area contributed by atoms with Crippen molar-refractivity contribution >= 4 is 57.2 Å². The summed E-state index contributed by atoms with van der Waals surface area (Å²) < 4.78 is 41.1. The zero-order valence-electron chi connectivity index (χ0n) is 43.9. The first-order valence-corrected chi connectivity index (χ1v) is 25.8. The van der Waals surface area contributed by atoms with Gasteiger partial charge in [-0.3, -0.25) is 33.7 Å². The summed E-state index contributed by atoms with van der Waals surface area (Å²) in [5.41, 5.74) is 11.3. The number of hydrogen-bond acceptors (Lipinski definition) is 13. The zero-order valence-corrected chi connectivity index (χ0v) is 44.7. The Morgan fingerprint density at radius 3 is 1.94 bits per heavy atom. The summed E-state index contributed by atoms with van der Waals surface area (Å²) in [7, 11) is 3.77. The molecule has 1 aliphatic rings. The highest BCUT2D eigenvalue weighted by molar-refractivity contribution is 7.90. The molecule has 10 atom stereocenters. The van der Waals surface area contributed by atoms with Gasteiger partial charge in [0.2, 0.25) is 35.4 Å². The van der Waals surface area contributed by atoms with Crippen LogP contribution < -0.4 is 37.5 Å². The Labute approximate surface area is 416 Å². The number of anilines is 1. The van der Waals surface area contributed by atoms with Crippen LogP contribution in [0.4, 0.5) is 10.5 Å². The van der Waals surface area contributed by atoms with Crippen molar-refractivity contribution in [2.45, 2.75) is 154 Å². The van der Waals surface area contributed by atoms with Crippen molar-refractivity contribution in [1.29, 1.82) is 0 Å². The van der Waals surface area contributed by atoms with Crippen molar-refractivity contribution < 1.29 is 51.5 Å². The van der Waals surface area contributed by atoms with Crippen LogP contribution in [0, 0.1) is 29.6 Å². The predicted molar refractivity (Wildman–Crippen MR) is 267 cm³/mol. The Balaban J connectivity index is 2.25. The number of amides is 8. The van der Waals surface area contributed by atoms with E-state index in [-0.39, 0.29) is 71.4 Å². The van der Waals surface area contributed by atoms with Crippen LogP contribution in [0.25, 0.3) is 0 Å². The molecule has 1 heterocycles. The summed E-state index contributed by atoms with van der Waals surface area (Å²) in [5.74, 6) is -4.48. The number of benzene rings is 1. The van der Waals surface area contributed by atoms with E-state index in [1.165, 1.54) is 45.4 Å². The Kier molecular flexibility index (Phi) is 24.7. The number of carbonyl (C=O) groups is 7. The molecule has 9 unspecified atom stereocenters. The fraction of sp³-hybridized carbons (Fsp3) is 0.729. The molecule has 1 aromatic rings. The first kappa shape index (κ1) is 61.2. The number of methoxy groups -OCH3 is 2. The van der Waals surface area contributed by atoms with Crippen LogP contribution in [-0.4, -0.2) is 162 Å². The topological polar surface area (TPSA) is 294 Å². The normalized spacial score (nSPS) is 18.0. The molecule has 0 saturated carbocycles. The molecule has 0 aromatic heterocycles. The van der Waals surface area contributed by atoms with Crippen LogP contribution >= 0.6 is 0 Å². The summed E-state index contributed by atoms with van der Waals surface area (Å²) in [6.07, 6.45) is 0.401. The monoisotopic (exact) mass is 1010 g/mol. The lowest BCUT2D eigenvalue weighted by atomic mass is 9.89. The Bertz CT molecular complexity index is 2010. The molecule has 9 N–H and O–H groups in total. The number of ether oxygens (including phenoxy) is 2. The average molecular weight is 1010 g/mol. The smallest absolute Gasteiger partial charge is 0.312 e. The van der Waals surface area contributed by atoms with E-state index in [1.54, 1.807) is 30.7 Å². The Hall–Kier alpha value is -4.90. The van der Waals surface area contributed by atoms with E-state index in [1.807, 2.05) is 60.5 Å². The summed E-state index contributed by atoms with van der Waals surface area (Å²) in [6, 6.07) is -0.0363. The third kappa shape index (κ3) is 17.2. The highest BCUT2D eigenvalue weighted by Crippen LogP contribution is 2.30. The number of urea groups is 1. The summed E-state index contributed by atoms with van der Waals surface area (Å²) in [6.45, 7) is 17.2. The third-order valence-electron chi connectivity index (χ3n) is 13.2. The maximum Gasteiger partial charge on any atom is 0.312 e. The zero-order chi connectivity index (χ0) is 53.4. The first-order valence-electron chi connectivity index (χ1n) is 24.3. The first-order chi connectivity index (χ1) is 32.6. The van der Waals surface area contributed by atoms with E-state index in [9.17, 15) is 42.0 Å². The highest BCUT2D eigenvalue weighted by atomic mass is 32.2. The molecule has 0 radical (unpaired) electrons. The molecular weight excluding hydrogens is 925 g/mol. The van der Waals surface area contributed by atoms with Gasteiger partial charge in [-0.1, -0.05) is 68.7 Å². The van der Waals surface area contributed by atoms with Gasteiger partial charge in [-0.15, -0.1) is 0 Å². The van der Waals surface area contributed by atoms with Crippen molar-refractivity contribution in [2.24, 2.45) is 41.1 Å². The largest absolute Gasteiger partial charge is 0.379 e. The second kappa shape index (κ2) is 28.2. The molecule has 21 nitrogen and oxygen atoms in total. The number of nitrogens with two attached hydrogens (primary N) is 2. The lowest BCUT2D eigenvalue weighted by molar-refractivity contribution is -0.148. The van der Waals surface area contributed by atoms with Crippen molar-refractivity contribution in [3.8, 4) is 0 Å². The average Bonchev–Trinajstić information content (AvgIpc) is 3.77. The molecule has 398 valence electrons. The van der Waals surface area contributed by atoms with Crippen LogP contribution in [0.1, 0.15) is 101 Å². The van der Waals surface area contributed by atoms with Gasteiger partial charge in [0.05, 0.1) is 53.6 Å². The standard InChI is InChI=1S/C48H84N10O11S/c1-15-30(8)41(57(12)47(64)39(28(4)5)54-46(63)40(29(6)7)56(10)11)36(68-13)26-37(59)58-25-17-19-35(58)42(69-14)31(9)43(60)55-70(66,67)33-22-20-32(21-23-33)52-44(61)34(18-16-24-51-48(50)65)53-45(62)38(49)27(2)3/h20-23,27-31,34-36,38-42H,15-19,24-26,49H2,1-14H3,(H,52,61)(H,53,62)(H,54,63)(H,55,60)(H3,50,51,65)/t30?,31?,34?,35-,36?,38?,39?,40?,41?,42?/m0/s1. The van der Waals surface area contributed by atoms with Gasteiger partial charge in [0.15, 0.2) is 0 Å². The highest BCUT2D eigenvalue weighted by Gasteiger charge is 2.43. The van der Waals surface area contributed by atoms with Crippen molar-refractivity contribution in [2.75, 3.05) is 53.8 Å². The number of nitrogens with one attached hydrogen (secondary N) is 5. The number of carbonyl (C=O) groups excluding carboxylic acids is 7.